The Bertz CT molecular complexity index is 970. The lowest BCUT2D eigenvalue weighted by Crippen LogP contribution is -2.54. The van der Waals surface area contributed by atoms with E-state index in [2.05, 4.69) is 20.6 Å². The Morgan fingerprint density at radius 3 is 2.52 bits per heavy atom. The predicted molar refractivity (Wildman–Crippen MR) is 101 cm³/mol. The van der Waals surface area contributed by atoms with E-state index < -0.39 is 5.60 Å². The van der Waals surface area contributed by atoms with Gasteiger partial charge in [0.2, 0.25) is 0 Å². The molecule has 2 aliphatic rings. The average Bonchev–Trinajstić information content (AvgIpc) is 3.21. The van der Waals surface area contributed by atoms with E-state index in [0.29, 0.717) is 24.9 Å². The van der Waals surface area contributed by atoms with E-state index >= 15 is 0 Å². The molecule has 2 fully saturated rings. The fourth-order valence-electron chi connectivity index (χ4n) is 4.91. The number of rotatable bonds is 3. The van der Waals surface area contributed by atoms with Crippen LogP contribution >= 0.6 is 0 Å². The molecule has 0 saturated carbocycles. The highest BCUT2D eigenvalue weighted by molar-refractivity contribution is 5.94. The van der Waals surface area contributed by atoms with E-state index in [1.807, 2.05) is 23.4 Å². The summed E-state index contributed by atoms with van der Waals surface area (Å²) < 4.78 is 2.09. The normalized spacial score (nSPS) is 27.2. The summed E-state index contributed by atoms with van der Waals surface area (Å²) in [6, 6.07) is 7.75. The van der Waals surface area contributed by atoms with Crippen LogP contribution in [0.4, 0.5) is 0 Å². The molecule has 0 aromatic carbocycles. The fourth-order valence-corrected chi connectivity index (χ4v) is 4.91. The minimum absolute atomic E-state index is 0.0579. The van der Waals surface area contributed by atoms with Gasteiger partial charge in [-0.15, -0.1) is 0 Å². The summed E-state index contributed by atoms with van der Waals surface area (Å²) in [5, 5.41) is 12.5. The van der Waals surface area contributed by atoms with Crippen molar-refractivity contribution in [3.8, 4) is 0 Å². The van der Waals surface area contributed by atoms with Crippen molar-refractivity contribution in [3.05, 3.63) is 60.8 Å². The molecule has 0 radical (unpaired) electrons. The highest BCUT2D eigenvalue weighted by atomic mass is 16.3. The molecular formula is C21H22N4O2. The van der Waals surface area contributed by atoms with Crippen LogP contribution in [0.15, 0.2) is 55.2 Å². The first-order valence-electron chi connectivity index (χ1n) is 9.47. The lowest BCUT2D eigenvalue weighted by atomic mass is 9.85. The molecule has 3 atom stereocenters. The van der Waals surface area contributed by atoms with Crippen molar-refractivity contribution < 1.29 is 9.90 Å². The molecule has 3 aromatic heterocycles. The molecule has 3 aromatic rings. The van der Waals surface area contributed by atoms with Crippen LogP contribution in [0.5, 0.6) is 0 Å². The van der Waals surface area contributed by atoms with Gasteiger partial charge in [-0.1, -0.05) is 0 Å². The van der Waals surface area contributed by atoms with Gasteiger partial charge in [-0.05, 0) is 49.9 Å². The third-order valence-electron chi connectivity index (χ3n) is 6.05. The number of carbonyl (C=O) groups is 1. The number of amides is 1. The number of hydrogen-bond donors (Lipinski definition) is 1. The molecule has 0 aliphatic carbocycles. The molecule has 2 saturated heterocycles. The zero-order chi connectivity index (χ0) is 18.4. The second-order valence-corrected chi connectivity index (χ2v) is 7.84. The maximum absolute atomic E-state index is 13.0. The van der Waals surface area contributed by atoms with Gasteiger partial charge >= 0.3 is 0 Å². The van der Waals surface area contributed by atoms with Crippen LogP contribution in [0.25, 0.3) is 10.9 Å². The number of aromatic nitrogens is 3. The summed E-state index contributed by atoms with van der Waals surface area (Å²) >= 11 is 0. The fraction of sp³-hybridized carbons (Fsp3) is 0.381. The SMILES string of the molecule is O=C(c1ccncc1)N1[C@@H]2CC[C@H]1CC(O)(Cn1ccc3ccncc31)C2. The highest BCUT2D eigenvalue weighted by Crippen LogP contribution is 2.42. The maximum Gasteiger partial charge on any atom is 0.254 e. The van der Waals surface area contributed by atoms with Crippen LogP contribution in [0.1, 0.15) is 36.0 Å². The Labute approximate surface area is 157 Å². The molecule has 0 spiro atoms. The van der Waals surface area contributed by atoms with Gasteiger partial charge in [-0.3, -0.25) is 14.8 Å². The molecule has 1 amide bonds. The summed E-state index contributed by atoms with van der Waals surface area (Å²) in [6.45, 7) is 0.534. The van der Waals surface area contributed by atoms with Crippen molar-refractivity contribution in [1.29, 1.82) is 0 Å². The van der Waals surface area contributed by atoms with Crippen molar-refractivity contribution in [2.24, 2.45) is 0 Å². The predicted octanol–water partition coefficient (Wildman–Crippen LogP) is 2.63. The lowest BCUT2D eigenvalue weighted by Gasteiger charge is -2.44. The average molecular weight is 362 g/mol. The van der Waals surface area contributed by atoms with E-state index in [0.717, 1.165) is 23.7 Å². The molecule has 5 heterocycles. The van der Waals surface area contributed by atoms with Crippen molar-refractivity contribution >= 4 is 16.8 Å². The first-order chi connectivity index (χ1) is 13.1. The smallest absolute Gasteiger partial charge is 0.254 e. The molecule has 2 bridgehead atoms. The van der Waals surface area contributed by atoms with Gasteiger partial charge in [-0.2, -0.15) is 0 Å². The number of hydrogen-bond acceptors (Lipinski definition) is 4. The molecule has 1 unspecified atom stereocenters. The molecule has 27 heavy (non-hydrogen) atoms. The van der Waals surface area contributed by atoms with Gasteiger partial charge in [0.25, 0.3) is 5.91 Å². The standard InChI is InChI=1S/C21H22N4O2/c26-20(16-4-7-22-8-5-16)25-17-1-2-18(25)12-21(27,11-17)14-24-10-6-15-3-9-23-13-19(15)24/h3-10,13,17-18,27H,1-2,11-12,14H2/t17-,18+,21?. The quantitative estimate of drug-likeness (QED) is 0.777. The van der Waals surface area contributed by atoms with Gasteiger partial charge in [0.05, 0.1) is 23.9 Å². The van der Waals surface area contributed by atoms with E-state index in [9.17, 15) is 9.90 Å². The van der Waals surface area contributed by atoms with Crippen molar-refractivity contribution in [2.75, 3.05) is 0 Å². The van der Waals surface area contributed by atoms with Crippen molar-refractivity contribution in [1.82, 2.24) is 19.4 Å². The van der Waals surface area contributed by atoms with Crippen LogP contribution in [-0.4, -0.2) is 48.1 Å². The molecule has 138 valence electrons. The van der Waals surface area contributed by atoms with Gasteiger partial charge in [0.15, 0.2) is 0 Å². The number of piperidine rings is 1. The number of aliphatic hydroxyl groups is 1. The molecular weight excluding hydrogens is 340 g/mol. The van der Waals surface area contributed by atoms with Gasteiger partial charge in [0, 0.05) is 47.8 Å². The molecule has 6 heteroatoms. The second-order valence-electron chi connectivity index (χ2n) is 7.84. The Kier molecular flexibility index (Phi) is 3.75. The molecule has 1 N–H and O–H groups in total. The van der Waals surface area contributed by atoms with E-state index in [1.165, 1.54) is 0 Å². The van der Waals surface area contributed by atoms with Crippen LogP contribution in [0.2, 0.25) is 0 Å². The summed E-state index contributed by atoms with van der Waals surface area (Å²) in [6.07, 6.45) is 12.1. The van der Waals surface area contributed by atoms with Gasteiger partial charge in [0.1, 0.15) is 0 Å². The monoisotopic (exact) mass is 362 g/mol. The highest BCUT2D eigenvalue weighted by Gasteiger charge is 2.49. The van der Waals surface area contributed by atoms with Crippen LogP contribution in [-0.2, 0) is 6.54 Å². The molecule has 6 nitrogen and oxygen atoms in total. The second kappa shape index (κ2) is 6.16. The first kappa shape index (κ1) is 16.4. The van der Waals surface area contributed by atoms with E-state index in [4.69, 9.17) is 0 Å². The minimum Gasteiger partial charge on any atom is -0.388 e. The Morgan fingerprint density at radius 2 is 1.78 bits per heavy atom. The Hall–Kier alpha value is -2.73. The van der Waals surface area contributed by atoms with E-state index in [1.54, 1.807) is 30.7 Å². The lowest BCUT2D eigenvalue weighted by molar-refractivity contribution is -0.0533. The summed E-state index contributed by atoms with van der Waals surface area (Å²) in [7, 11) is 0. The van der Waals surface area contributed by atoms with Crippen molar-refractivity contribution in [2.45, 2.75) is 49.9 Å². The Morgan fingerprint density at radius 1 is 1.07 bits per heavy atom. The van der Waals surface area contributed by atoms with Crippen LogP contribution in [0.3, 0.4) is 0 Å². The van der Waals surface area contributed by atoms with Crippen LogP contribution < -0.4 is 0 Å². The molecule has 5 rings (SSSR count). The minimum atomic E-state index is -0.803. The summed E-state index contributed by atoms with van der Waals surface area (Å²) in [4.78, 5) is 23.2. The number of carbonyl (C=O) groups excluding carboxylic acids is 1. The number of nitrogens with zero attached hydrogens (tertiary/aromatic N) is 4. The summed E-state index contributed by atoms with van der Waals surface area (Å²) in [5.41, 5.74) is 0.909. The maximum atomic E-state index is 13.0. The van der Waals surface area contributed by atoms with Crippen LogP contribution in [0, 0.1) is 0 Å². The zero-order valence-corrected chi connectivity index (χ0v) is 15.0. The number of fused-ring (bicyclic) bond motifs is 3. The van der Waals surface area contributed by atoms with Gasteiger partial charge < -0.3 is 14.6 Å². The Balaban J connectivity index is 1.38. The zero-order valence-electron chi connectivity index (χ0n) is 15.0. The van der Waals surface area contributed by atoms with Crippen molar-refractivity contribution in [3.63, 3.8) is 0 Å². The third-order valence-corrected chi connectivity index (χ3v) is 6.05. The van der Waals surface area contributed by atoms with Gasteiger partial charge in [-0.25, -0.2) is 0 Å². The topological polar surface area (TPSA) is 71.2 Å². The summed E-state index contributed by atoms with van der Waals surface area (Å²) in [5.74, 6) is 0.0579. The number of pyridine rings is 2. The largest absolute Gasteiger partial charge is 0.388 e. The first-order valence-corrected chi connectivity index (χ1v) is 9.47. The molecule has 2 aliphatic heterocycles. The van der Waals surface area contributed by atoms with E-state index in [-0.39, 0.29) is 18.0 Å². The third kappa shape index (κ3) is 2.80.